The minimum atomic E-state index is -0.556. The van der Waals surface area contributed by atoms with E-state index in [0.717, 1.165) is 12.8 Å². The van der Waals surface area contributed by atoms with Gasteiger partial charge in [0.2, 0.25) is 0 Å². The number of carbonyl (C=O) groups excluding carboxylic acids is 1. The summed E-state index contributed by atoms with van der Waals surface area (Å²) in [7, 11) is 3.71. The average molecular weight is 222 g/mol. The first kappa shape index (κ1) is 14.2. The minimum Gasteiger partial charge on any atom is -0.462 e. The van der Waals surface area contributed by atoms with Crippen molar-refractivity contribution in [3.05, 3.63) is 23.9 Å². The zero-order chi connectivity index (χ0) is 12.4. The van der Waals surface area contributed by atoms with Gasteiger partial charge in [-0.2, -0.15) is 5.26 Å². The number of hydrogen-bond donors (Lipinski definition) is 0. The van der Waals surface area contributed by atoms with E-state index in [-0.39, 0.29) is 5.57 Å². The van der Waals surface area contributed by atoms with Crippen molar-refractivity contribution in [1.82, 2.24) is 4.90 Å². The summed E-state index contributed by atoms with van der Waals surface area (Å²) in [5.41, 5.74) is 0.0224. The van der Waals surface area contributed by atoms with E-state index in [1.807, 2.05) is 32.0 Å². The summed E-state index contributed by atoms with van der Waals surface area (Å²) >= 11 is 0. The number of unbranched alkanes of at least 4 members (excludes halogenated alkanes) is 1. The summed E-state index contributed by atoms with van der Waals surface area (Å²) < 4.78 is 4.92. The number of rotatable bonds is 6. The minimum absolute atomic E-state index is 0.0224. The molecule has 0 aromatic heterocycles. The molecule has 0 saturated carbocycles. The van der Waals surface area contributed by atoms with Gasteiger partial charge < -0.3 is 9.64 Å². The number of ether oxygens (including phenoxy) is 1. The molecule has 0 spiro atoms. The van der Waals surface area contributed by atoms with Gasteiger partial charge in [0.05, 0.1) is 6.61 Å². The van der Waals surface area contributed by atoms with E-state index in [1.54, 1.807) is 12.3 Å². The zero-order valence-corrected chi connectivity index (χ0v) is 10.1. The lowest BCUT2D eigenvalue weighted by molar-refractivity contribution is -0.138. The van der Waals surface area contributed by atoms with E-state index in [4.69, 9.17) is 10.00 Å². The molecule has 0 radical (unpaired) electrons. The van der Waals surface area contributed by atoms with Crippen LogP contribution < -0.4 is 0 Å². The molecule has 0 aliphatic heterocycles. The van der Waals surface area contributed by atoms with Crippen molar-refractivity contribution in [2.24, 2.45) is 0 Å². The normalized spacial score (nSPS) is 11.2. The van der Waals surface area contributed by atoms with Crippen LogP contribution in [0.5, 0.6) is 0 Å². The van der Waals surface area contributed by atoms with E-state index < -0.39 is 5.97 Å². The molecule has 88 valence electrons. The summed E-state index contributed by atoms with van der Waals surface area (Å²) in [6.07, 6.45) is 6.61. The fraction of sp³-hybridized carbons (Fsp3) is 0.500. The molecule has 4 nitrogen and oxygen atoms in total. The fourth-order valence-electron chi connectivity index (χ4n) is 0.849. The molecule has 0 amide bonds. The highest BCUT2D eigenvalue weighted by atomic mass is 16.5. The molecule has 16 heavy (non-hydrogen) atoms. The van der Waals surface area contributed by atoms with Gasteiger partial charge >= 0.3 is 5.97 Å². The lowest BCUT2D eigenvalue weighted by Gasteiger charge is -2.02. The van der Waals surface area contributed by atoms with E-state index >= 15 is 0 Å². The summed E-state index contributed by atoms with van der Waals surface area (Å²) in [5.74, 6) is -0.556. The van der Waals surface area contributed by atoms with Crippen LogP contribution in [0.1, 0.15) is 19.8 Å². The second-order valence-electron chi connectivity index (χ2n) is 3.49. The summed E-state index contributed by atoms with van der Waals surface area (Å²) in [6, 6.07) is 1.82. The van der Waals surface area contributed by atoms with Crippen LogP contribution in [0.15, 0.2) is 23.9 Å². The number of allylic oxidation sites excluding steroid dienone is 2. The number of nitriles is 1. The first-order chi connectivity index (χ1) is 7.61. The van der Waals surface area contributed by atoms with E-state index in [9.17, 15) is 4.79 Å². The predicted molar refractivity (Wildman–Crippen MR) is 62.4 cm³/mol. The van der Waals surface area contributed by atoms with Gasteiger partial charge in [0.15, 0.2) is 0 Å². The molecular formula is C12H18N2O2. The fourth-order valence-corrected chi connectivity index (χ4v) is 0.849. The Bertz CT molecular complexity index is 311. The third-order valence-corrected chi connectivity index (χ3v) is 1.72. The Morgan fingerprint density at radius 2 is 2.19 bits per heavy atom. The Balaban J connectivity index is 4.27. The highest BCUT2D eigenvalue weighted by molar-refractivity contribution is 5.93. The third kappa shape index (κ3) is 6.66. The smallest absolute Gasteiger partial charge is 0.348 e. The molecule has 4 heteroatoms. The van der Waals surface area contributed by atoms with Gasteiger partial charge in [-0.25, -0.2) is 4.79 Å². The molecule has 0 bridgehead atoms. The zero-order valence-electron chi connectivity index (χ0n) is 10.1. The quantitative estimate of drug-likeness (QED) is 0.226. The molecule has 0 atom stereocenters. The van der Waals surface area contributed by atoms with Crippen molar-refractivity contribution < 1.29 is 9.53 Å². The Hall–Kier alpha value is -1.76. The standard InChI is InChI=1S/C12H18N2O2/c1-4-5-9-16-12(15)11(10-13)7-6-8-14(2)3/h6-8H,4-5,9H2,1-3H3/b8-6+,11-7+. The van der Waals surface area contributed by atoms with Gasteiger partial charge in [-0.1, -0.05) is 13.3 Å². The van der Waals surface area contributed by atoms with Crippen molar-refractivity contribution in [1.29, 1.82) is 5.26 Å². The molecule has 0 unspecified atom stereocenters. The van der Waals surface area contributed by atoms with Gasteiger partial charge in [-0.3, -0.25) is 0 Å². The Morgan fingerprint density at radius 1 is 1.50 bits per heavy atom. The van der Waals surface area contributed by atoms with Crippen LogP contribution >= 0.6 is 0 Å². The first-order valence-electron chi connectivity index (χ1n) is 5.24. The molecule has 0 heterocycles. The molecule has 0 aliphatic rings. The molecule has 0 aromatic rings. The molecule has 0 saturated heterocycles. The van der Waals surface area contributed by atoms with Crippen LogP contribution in [0, 0.1) is 11.3 Å². The number of nitrogens with zero attached hydrogens (tertiary/aromatic N) is 2. The second-order valence-corrected chi connectivity index (χ2v) is 3.49. The van der Waals surface area contributed by atoms with Crippen molar-refractivity contribution in [3.63, 3.8) is 0 Å². The lowest BCUT2D eigenvalue weighted by Crippen LogP contribution is -2.07. The first-order valence-corrected chi connectivity index (χ1v) is 5.24. The molecule has 0 aliphatic carbocycles. The van der Waals surface area contributed by atoms with Crippen LogP contribution in [-0.2, 0) is 9.53 Å². The largest absolute Gasteiger partial charge is 0.462 e. The van der Waals surface area contributed by atoms with Crippen LogP contribution in [0.4, 0.5) is 0 Å². The van der Waals surface area contributed by atoms with E-state index in [1.165, 1.54) is 6.08 Å². The molecule has 0 aromatic carbocycles. The highest BCUT2D eigenvalue weighted by Crippen LogP contribution is 1.99. The van der Waals surface area contributed by atoms with Crippen molar-refractivity contribution >= 4 is 5.97 Å². The number of carbonyl (C=O) groups is 1. The maximum absolute atomic E-state index is 11.4. The van der Waals surface area contributed by atoms with Gasteiger partial charge in [0, 0.05) is 14.1 Å². The predicted octanol–water partition coefficient (Wildman–Crippen LogP) is 1.85. The summed E-state index contributed by atoms with van der Waals surface area (Å²) in [6.45, 7) is 2.38. The molecule has 0 N–H and O–H groups in total. The molecular weight excluding hydrogens is 204 g/mol. The van der Waals surface area contributed by atoms with Crippen LogP contribution in [0.25, 0.3) is 0 Å². The highest BCUT2D eigenvalue weighted by Gasteiger charge is 2.08. The average Bonchev–Trinajstić information content (AvgIpc) is 2.24. The topological polar surface area (TPSA) is 53.3 Å². The van der Waals surface area contributed by atoms with Crippen molar-refractivity contribution in [2.45, 2.75) is 19.8 Å². The summed E-state index contributed by atoms with van der Waals surface area (Å²) in [5, 5.41) is 8.75. The van der Waals surface area contributed by atoms with E-state index in [0.29, 0.717) is 6.61 Å². The number of esters is 1. The van der Waals surface area contributed by atoms with Gasteiger partial charge in [0.25, 0.3) is 0 Å². The monoisotopic (exact) mass is 222 g/mol. The second kappa shape index (κ2) is 8.54. The third-order valence-electron chi connectivity index (χ3n) is 1.72. The van der Waals surface area contributed by atoms with Crippen LogP contribution in [0.3, 0.4) is 0 Å². The molecule has 0 fully saturated rings. The maximum Gasteiger partial charge on any atom is 0.348 e. The van der Waals surface area contributed by atoms with Gasteiger partial charge in [0.1, 0.15) is 11.6 Å². The van der Waals surface area contributed by atoms with Gasteiger partial charge in [-0.15, -0.1) is 0 Å². The SMILES string of the molecule is CCCCOC(=O)/C(C#N)=C/C=C/N(C)C. The maximum atomic E-state index is 11.4. The Morgan fingerprint density at radius 3 is 2.69 bits per heavy atom. The van der Waals surface area contributed by atoms with Gasteiger partial charge in [-0.05, 0) is 24.8 Å². The molecule has 0 rings (SSSR count). The lowest BCUT2D eigenvalue weighted by atomic mass is 10.2. The summed E-state index contributed by atoms with van der Waals surface area (Å²) in [4.78, 5) is 13.2. The number of hydrogen-bond acceptors (Lipinski definition) is 4. The Kier molecular flexibility index (Phi) is 7.60. The van der Waals surface area contributed by atoms with E-state index in [2.05, 4.69) is 0 Å². The Labute approximate surface area is 96.8 Å². The van der Waals surface area contributed by atoms with Crippen molar-refractivity contribution in [3.8, 4) is 6.07 Å². The van der Waals surface area contributed by atoms with Crippen LogP contribution in [-0.4, -0.2) is 31.6 Å². The van der Waals surface area contributed by atoms with Crippen LogP contribution in [0.2, 0.25) is 0 Å². The van der Waals surface area contributed by atoms with Crippen molar-refractivity contribution in [2.75, 3.05) is 20.7 Å².